The molecular formula is C30H36N6O3S. The molecule has 210 valence electrons. The minimum absolute atomic E-state index is 0.00460. The van der Waals surface area contributed by atoms with E-state index in [0.29, 0.717) is 50.6 Å². The molecule has 0 radical (unpaired) electrons. The summed E-state index contributed by atoms with van der Waals surface area (Å²) in [4.78, 5) is 43.0. The van der Waals surface area contributed by atoms with Crippen molar-refractivity contribution in [2.24, 2.45) is 0 Å². The Kier molecular flexibility index (Phi) is 8.72. The molecular weight excluding hydrogens is 524 g/mol. The molecule has 3 atom stereocenters. The Morgan fingerprint density at radius 3 is 2.77 bits per heavy atom. The van der Waals surface area contributed by atoms with Gasteiger partial charge in [0.15, 0.2) is 5.78 Å². The van der Waals surface area contributed by atoms with E-state index in [0.717, 1.165) is 35.4 Å². The van der Waals surface area contributed by atoms with E-state index in [1.807, 2.05) is 12.1 Å². The highest BCUT2D eigenvalue weighted by molar-refractivity contribution is 8.00. The third kappa shape index (κ3) is 5.86. The molecule has 2 aromatic rings. The lowest BCUT2D eigenvalue weighted by Crippen LogP contribution is -2.55. The van der Waals surface area contributed by atoms with Crippen molar-refractivity contribution in [1.29, 1.82) is 5.26 Å². The first kappa shape index (κ1) is 28.1. The van der Waals surface area contributed by atoms with Gasteiger partial charge in [-0.3, -0.25) is 9.59 Å². The number of hydrogen-bond acceptors (Lipinski definition) is 9. The summed E-state index contributed by atoms with van der Waals surface area (Å²) >= 11 is 1.60. The molecule has 0 spiro atoms. The number of likely N-dealkylation sites (tertiary alicyclic amines) is 1. The highest BCUT2D eigenvalue weighted by Gasteiger charge is 2.37. The maximum Gasteiger partial charge on any atom is 0.319 e. The maximum absolute atomic E-state index is 13.9. The van der Waals surface area contributed by atoms with Gasteiger partial charge in [-0.25, -0.2) is 0 Å². The molecule has 0 N–H and O–H groups in total. The first-order valence-corrected chi connectivity index (χ1v) is 14.8. The van der Waals surface area contributed by atoms with Crippen molar-refractivity contribution in [2.45, 2.75) is 61.3 Å². The minimum atomic E-state index is -0.296. The van der Waals surface area contributed by atoms with E-state index < -0.39 is 0 Å². The number of fused-ring (bicyclic) bond motifs is 1. The molecule has 0 bridgehead atoms. The van der Waals surface area contributed by atoms with Crippen molar-refractivity contribution in [3.63, 3.8) is 0 Å². The maximum atomic E-state index is 13.9. The van der Waals surface area contributed by atoms with Gasteiger partial charge in [0, 0.05) is 36.1 Å². The number of benzene rings is 1. The van der Waals surface area contributed by atoms with E-state index in [-0.39, 0.29) is 41.5 Å². The quantitative estimate of drug-likeness (QED) is 0.448. The topological polar surface area (TPSA) is 103 Å². The summed E-state index contributed by atoms with van der Waals surface area (Å²) in [5.74, 6) is 0.497. The van der Waals surface area contributed by atoms with Gasteiger partial charge in [-0.15, -0.1) is 11.8 Å². The number of Topliss-reactive ketones (excluding diaryl/α,β-unsaturated/α-hetero) is 1. The summed E-state index contributed by atoms with van der Waals surface area (Å²) < 4.78 is 6.15. The van der Waals surface area contributed by atoms with Crippen molar-refractivity contribution < 1.29 is 14.3 Å². The third-order valence-corrected chi connectivity index (χ3v) is 9.60. The zero-order valence-corrected chi connectivity index (χ0v) is 24.0. The number of carbonyl (C=O) groups is 2. The first-order chi connectivity index (χ1) is 19.4. The third-order valence-electron chi connectivity index (χ3n) is 8.15. The molecule has 10 heteroatoms. The Hall–Kier alpha value is -3.42. The molecule has 0 saturated carbocycles. The smallest absolute Gasteiger partial charge is 0.319 e. The number of rotatable bonds is 8. The lowest BCUT2D eigenvalue weighted by Gasteiger charge is -2.41. The monoisotopic (exact) mass is 560 g/mol. The fourth-order valence-corrected chi connectivity index (χ4v) is 6.99. The number of carbonyl (C=O) groups excluding carboxylic acids is 2. The molecule has 1 amide bonds. The average Bonchev–Trinajstić information content (AvgIpc) is 3.38. The van der Waals surface area contributed by atoms with Crippen LogP contribution < -0.4 is 9.64 Å². The zero-order valence-electron chi connectivity index (χ0n) is 23.2. The Morgan fingerprint density at radius 2 is 2.05 bits per heavy atom. The molecule has 2 saturated heterocycles. The number of amides is 1. The normalized spacial score (nSPS) is 23.0. The van der Waals surface area contributed by atoms with Crippen molar-refractivity contribution in [1.82, 2.24) is 19.8 Å². The van der Waals surface area contributed by atoms with Gasteiger partial charge in [-0.2, -0.15) is 15.2 Å². The Balaban J connectivity index is 1.46. The van der Waals surface area contributed by atoms with Crippen LogP contribution in [-0.4, -0.2) is 88.6 Å². The standard InChI is InChI=1S/C30H36N6O3S/c1-4-26(37)36-17-16-35(18-21(36)13-14-31)29-23-11-12-25(40-24-10-6-5-8-20(24)2)28(38)27(23)32-30(33-29)39-19-22-9-7-15-34(22)3/h4-6,8,10,21-22,25H,1,7,9,11-13,15-19H2,2-3H3/t21?,22?,25-/m1/s1. The van der Waals surface area contributed by atoms with Crippen molar-refractivity contribution >= 4 is 29.3 Å². The molecule has 2 fully saturated rings. The van der Waals surface area contributed by atoms with Crippen LogP contribution in [0.15, 0.2) is 41.8 Å². The van der Waals surface area contributed by atoms with Crippen molar-refractivity contribution in [3.05, 3.63) is 53.7 Å². The number of aromatic nitrogens is 2. The molecule has 1 aromatic carbocycles. The SMILES string of the molecule is C=CC(=O)N1CCN(c2nc(OCC3CCCN3C)nc3c2CC[C@@H](Sc2ccccc2C)C3=O)CC1CC#N. The average molecular weight is 561 g/mol. The number of anilines is 1. The van der Waals surface area contributed by atoms with Crippen LogP contribution in [0.25, 0.3) is 0 Å². The lowest BCUT2D eigenvalue weighted by molar-refractivity contribution is -0.128. The van der Waals surface area contributed by atoms with Crippen LogP contribution in [0.5, 0.6) is 6.01 Å². The molecule has 1 aliphatic carbocycles. The number of piperazine rings is 1. The number of likely N-dealkylation sites (N-methyl/N-ethyl adjacent to an activating group) is 1. The predicted octanol–water partition coefficient (Wildman–Crippen LogP) is 3.66. The lowest BCUT2D eigenvalue weighted by atomic mass is 9.94. The fourth-order valence-electron chi connectivity index (χ4n) is 5.82. The molecule has 40 heavy (non-hydrogen) atoms. The number of hydrogen-bond donors (Lipinski definition) is 0. The van der Waals surface area contributed by atoms with Gasteiger partial charge < -0.3 is 19.4 Å². The van der Waals surface area contributed by atoms with Crippen molar-refractivity contribution in [2.75, 3.05) is 44.7 Å². The van der Waals surface area contributed by atoms with Gasteiger partial charge >= 0.3 is 6.01 Å². The van der Waals surface area contributed by atoms with Gasteiger partial charge in [0.1, 0.15) is 18.1 Å². The molecule has 3 heterocycles. The molecule has 5 rings (SSSR count). The van der Waals surface area contributed by atoms with E-state index >= 15 is 0 Å². The van der Waals surface area contributed by atoms with E-state index in [2.05, 4.69) is 48.6 Å². The summed E-state index contributed by atoms with van der Waals surface area (Å²) in [7, 11) is 2.09. The van der Waals surface area contributed by atoms with Gasteiger partial charge in [0.2, 0.25) is 5.91 Å². The van der Waals surface area contributed by atoms with Crippen molar-refractivity contribution in [3.8, 4) is 12.1 Å². The Morgan fingerprint density at radius 1 is 1.23 bits per heavy atom. The van der Waals surface area contributed by atoms with Crippen LogP contribution in [0, 0.1) is 18.3 Å². The van der Waals surface area contributed by atoms with Gasteiger partial charge in [0.05, 0.1) is 23.8 Å². The van der Waals surface area contributed by atoms with Gasteiger partial charge in [-0.1, -0.05) is 24.8 Å². The molecule has 9 nitrogen and oxygen atoms in total. The van der Waals surface area contributed by atoms with Crippen LogP contribution in [0.2, 0.25) is 0 Å². The van der Waals surface area contributed by atoms with E-state index in [9.17, 15) is 14.9 Å². The highest BCUT2D eigenvalue weighted by atomic mass is 32.2. The van der Waals surface area contributed by atoms with Crippen LogP contribution in [-0.2, 0) is 11.2 Å². The first-order valence-electron chi connectivity index (χ1n) is 13.9. The second kappa shape index (κ2) is 12.4. The van der Waals surface area contributed by atoms with E-state index in [1.165, 1.54) is 6.08 Å². The summed E-state index contributed by atoms with van der Waals surface area (Å²) in [6.45, 7) is 8.59. The molecule has 2 unspecified atom stereocenters. The van der Waals surface area contributed by atoms with Crippen LogP contribution in [0.1, 0.15) is 47.3 Å². The highest BCUT2D eigenvalue weighted by Crippen LogP contribution is 2.38. The summed E-state index contributed by atoms with van der Waals surface area (Å²) in [6.07, 6.45) is 5.03. The zero-order chi connectivity index (χ0) is 28.2. The summed E-state index contributed by atoms with van der Waals surface area (Å²) in [6, 6.07) is 10.5. The number of ether oxygens (including phenoxy) is 1. The number of ketones is 1. The fraction of sp³-hybridized carbons (Fsp3) is 0.500. The van der Waals surface area contributed by atoms with Crippen LogP contribution in [0.4, 0.5) is 5.82 Å². The second-order valence-corrected chi connectivity index (χ2v) is 12.0. The largest absolute Gasteiger partial charge is 0.462 e. The van der Waals surface area contributed by atoms with Crippen LogP contribution in [0.3, 0.4) is 0 Å². The molecule has 1 aromatic heterocycles. The molecule has 2 aliphatic heterocycles. The number of nitrogens with zero attached hydrogens (tertiary/aromatic N) is 6. The second-order valence-electron chi connectivity index (χ2n) is 10.7. The van der Waals surface area contributed by atoms with Crippen LogP contribution >= 0.6 is 11.8 Å². The summed E-state index contributed by atoms with van der Waals surface area (Å²) in [5, 5.41) is 9.22. The van der Waals surface area contributed by atoms with E-state index in [1.54, 1.807) is 16.7 Å². The molecule has 3 aliphatic rings. The summed E-state index contributed by atoms with van der Waals surface area (Å²) in [5.41, 5.74) is 2.41. The van der Waals surface area contributed by atoms with E-state index in [4.69, 9.17) is 14.7 Å². The Labute approximate surface area is 240 Å². The number of nitriles is 1. The number of thioether (sulfide) groups is 1. The van der Waals surface area contributed by atoms with Gasteiger partial charge in [0.25, 0.3) is 0 Å². The number of aryl methyl sites for hydroxylation is 1. The minimum Gasteiger partial charge on any atom is -0.462 e. The van der Waals surface area contributed by atoms with Gasteiger partial charge in [-0.05, 0) is 63.9 Å². The predicted molar refractivity (Wildman–Crippen MR) is 155 cm³/mol. The Bertz CT molecular complexity index is 1330.